The van der Waals surface area contributed by atoms with E-state index in [1.165, 1.54) is 5.56 Å². The lowest BCUT2D eigenvalue weighted by molar-refractivity contribution is -0.133. The molecule has 1 aliphatic heterocycles. The number of halogens is 2. The lowest BCUT2D eigenvalue weighted by atomic mass is 9.81. The molecule has 4 rings (SSSR count). The molecule has 0 aromatic heterocycles. The number of fused-ring (bicyclic) bond motifs is 1. The van der Waals surface area contributed by atoms with E-state index in [1.807, 2.05) is 36.2 Å². The van der Waals surface area contributed by atoms with Crippen LogP contribution in [-0.2, 0) is 33.6 Å². The summed E-state index contributed by atoms with van der Waals surface area (Å²) in [6.45, 7) is 2.03. The van der Waals surface area contributed by atoms with E-state index < -0.39 is 5.97 Å². The van der Waals surface area contributed by atoms with E-state index in [0.717, 1.165) is 67.6 Å². The highest BCUT2D eigenvalue weighted by Gasteiger charge is 2.38. The van der Waals surface area contributed by atoms with Gasteiger partial charge in [0, 0.05) is 25.6 Å². The van der Waals surface area contributed by atoms with Gasteiger partial charge in [-0.05, 0) is 79.2 Å². The van der Waals surface area contributed by atoms with E-state index in [0.29, 0.717) is 10.0 Å². The van der Waals surface area contributed by atoms with Gasteiger partial charge < -0.3 is 10.0 Å². The molecule has 1 N–H and O–H groups in total. The first-order chi connectivity index (χ1) is 17.2. The molecule has 0 saturated carbocycles. The summed E-state index contributed by atoms with van der Waals surface area (Å²) < 4.78 is 0. The van der Waals surface area contributed by atoms with Gasteiger partial charge in [0.15, 0.2) is 5.78 Å². The molecule has 1 heterocycles. The van der Waals surface area contributed by atoms with Crippen molar-refractivity contribution in [2.24, 2.45) is 0 Å². The van der Waals surface area contributed by atoms with Crippen LogP contribution in [0.1, 0.15) is 47.6 Å². The maximum atomic E-state index is 13.5. The summed E-state index contributed by atoms with van der Waals surface area (Å²) in [5.41, 5.74) is 3.86. The van der Waals surface area contributed by atoms with Crippen molar-refractivity contribution in [3.8, 4) is 0 Å². The fraction of sp³-hybridized carbons (Fsp3) is 0.393. The zero-order chi connectivity index (χ0) is 25.8. The molecular weight excluding hydrogens is 499 g/mol. The van der Waals surface area contributed by atoms with E-state index >= 15 is 0 Å². The topological polar surface area (TPSA) is 77.9 Å². The predicted molar refractivity (Wildman–Crippen MR) is 141 cm³/mol. The fourth-order valence-electron chi connectivity index (χ4n) is 5.38. The lowest BCUT2D eigenvalue weighted by Crippen LogP contribution is -2.48. The number of likely N-dealkylation sites (tertiary alicyclic amines) is 1. The Morgan fingerprint density at radius 1 is 1.00 bits per heavy atom. The van der Waals surface area contributed by atoms with Crippen molar-refractivity contribution < 1.29 is 19.5 Å². The maximum Gasteiger partial charge on any atom is 0.328 e. The number of allylic oxidation sites excluding steroid dienone is 1. The highest BCUT2D eigenvalue weighted by atomic mass is 35.5. The van der Waals surface area contributed by atoms with E-state index in [1.54, 1.807) is 12.1 Å². The Balaban J connectivity index is 1.63. The van der Waals surface area contributed by atoms with Gasteiger partial charge in [0.25, 0.3) is 0 Å². The SMILES string of the molecule is CN(C(=O)Cc1ccc(Cl)c(Cl)c1)C1c2cc(CC(=O)C=CC(=O)O)ccc2CCC1N1CCCC1. The Labute approximate surface area is 221 Å². The van der Waals surface area contributed by atoms with Gasteiger partial charge in [0.2, 0.25) is 5.91 Å². The first-order valence-corrected chi connectivity index (χ1v) is 13.0. The molecule has 0 bridgehead atoms. The molecule has 2 aromatic carbocycles. The van der Waals surface area contributed by atoms with E-state index in [9.17, 15) is 14.4 Å². The van der Waals surface area contributed by atoms with Crippen molar-refractivity contribution in [2.45, 2.75) is 50.6 Å². The van der Waals surface area contributed by atoms with Crippen LogP contribution < -0.4 is 0 Å². The molecule has 2 aliphatic rings. The number of benzene rings is 2. The zero-order valence-electron chi connectivity index (χ0n) is 20.3. The second-order valence-corrected chi connectivity index (χ2v) is 10.4. The molecule has 0 radical (unpaired) electrons. The van der Waals surface area contributed by atoms with Crippen molar-refractivity contribution in [3.63, 3.8) is 0 Å². The third kappa shape index (κ3) is 6.17. The summed E-state index contributed by atoms with van der Waals surface area (Å²) in [6.07, 6.45) is 6.46. The Bertz CT molecular complexity index is 1190. The summed E-state index contributed by atoms with van der Waals surface area (Å²) in [4.78, 5) is 40.9. The minimum absolute atomic E-state index is 0.0127. The highest BCUT2D eigenvalue weighted by molar-refractivity contribution is 6.42. The van der Waals surface area contributed by atoms with Gasteiger partial charge in [-0.1, -0.05) is 47.5 Å². The molecule has 1 aliphatic carbocycles. The van der Waals surface area contributed by atoms with Crippen LogP contribution in [0.4, 0.5) is 0 Å². The number of aliphatic carboxylic acids is 1. The van der Waals surface area contributed by atoms with Crippen LogP contribution in [0, 0.1) is 0 Å². The Morgan fingerprint density at radius 2 is 1.69 bits per heavy atom. The number of ketones is 1. The largest absolute Gasteiger partial charge is 0.478 e. The number of carboxylic acid groups (broad SMARTS) is 1. The number of rotatable bonds is 8. The Morgan fingerprint density at radius 3 is 2.39 bits per heavy atom. The molecule has 1 amide bonds. The Kier molecular flexibility index (Phi) is 8.50. The van der Waals surface area contributed by atoms with Crippen LogP contribution in [0.2, 0.25) is 10.0 Å². The van der Waals surface area contributed by atoms with Crippen LogP contribution in [-0.4, -0.2) is 58.7 Å². The van der Waals surface area contributed by atoms with Gasteiger partial charge in [-0.25, -0.2) is 4.79 Å². The summed E-state index contributed by atoms with van der Waals surface area (Å²) >= 11 is 12.2. The lowest BCUT2D eigenvalue weighted by Gasteiger charge is -2.44. The standard InChI is InChI=1S/C28H30Cl2N2O4/c1-31(26(34)17-19-5-9-23(29)24(30)16-19)28-22-15-18(14-21(33)8-11-27(35)36)4-6-20(22)7-10-25(28)32-12-2-3-13-32/h4-6,8-9,11,15-16,25,28H,2-3,7,10,12-14,17H2,1H3,(H,35,36). The second-order valence-electron chi connectivity index (χ2n) is 9.57. The molecule has 2 atom stereocenters. The van der Waals surface area contributed by atoms with Gasteiger partial charge in [0.1, 0.15) is 0 Å². The smallest absolute Gasteiger partial charge is 0.328 e. The molecule has 0 spiro atoms. The number of nitrogens with zero attached hydrogens (tertiary/aromatic N) is 2. The van der Waals surface area contributed by atoms with Crippen LogP contribution in [0.3, 0.4) is 0 Å². The molecular formula is C28H30Cl2N2O4. The van der Waals surface area contributed by atoms with E-state index in [4.69, 9.17) is 28.3 Å². The zero-order valence-corrected chi connectivity index (χ0v) is 21.8. The second kappa shape index (κ2) is 11.6. The van der Waals surface area contributed by atoms with Crippen molar-refractivity contribution in [2.75, 3.05) is 20.1 Å². The number of amides is 1. The van der Waals surface area contributed by atoms with Gasteiger partial charge >= 0.3 is 5.97 Å². The monoisotopic (exact) mass is 528 g/mol. The quantitative estimate of drug-likeness (QED) is 0.493. The first-order valence-electron chi connectivity index (χ1n) is 12.2. The average Bonchev–Trinajstić information content (AvgIpc) is 3.38. The number of carboxylic acids is 1. The summed E-state index contributed by atoms with van der Waals surface area (Å²) in [5, 5.41) is 9.69. The van der Waals surface area contributed by atoms with Crippen molar-refractivity contribution in [3.05, 3.63) is 80.8 Å². The van der Waals surface area contributed by atoms with Crippen molar-refractivity contribution in [1.29, 1.82) is 0 Å². The molecule has 36 heavy (non-hydrogen) atoms. The fourth-order valence-corrected chi connectivity index (χ4v) is 5.70. The predicted octanol–water partition coefficient (Wildman–Crippen LogP) is 4.90. The molecule has 1 fully saturated rings. The van der Waals surface area contributed by atoms with E-state index in [2.05, 4.69) is 4.90 Å². The molecule has 190 valence electrons. The molecule has 2 aromatic rings. The van der Waals surface area contributed by atoms with Gasteiger partial charge in [-0.15, -0.1) is 0 Å². The van der Waals surface area contributed by atoms with Crippen LogP contribution in [0.5, 0.6) is 0 Å². The Hall–Kier alpha value is -2.67. The maximum absolute atomic E-state index is 13.5. The summed E-state index contributed by atoms with van der Waals surface area (Å²) in [5.74, 6) is -1.43. The molecule has 1 saturated heterocycles. The highest BCUT2D eigenvalue weighted by Crippen LogP contribution is 2.39. The van der Waals surface area contributed by atoms with Crippen molar-refractivity contribution >= 4 is 40.9 Å². The van der Waals surface area contributed by atoms with Crippen LogP contribution >= 0.6 is 23.2 Å². The minimum Gasteiger partial charge on any atom is -0.478 e. The number of hydrogen-bond acceptors (Lipinski definition) is 4. The molecule has 2 unspecified atom stereocenters. The summed E-state index contributed by atoms with van der Waals surface area (Å²) in [7, 11) is 1.86. The normalized spacial score (nSPS) is 19.9. The number of carbonyl (C=O) groups is 3. The number of aryl methyl sites for hydroxylation is 1. The third-order valence-electron chi connectivity index (χ3n) is 7.15. The number of hydrogen-bond donors (Lipinski definition) is 1. The van der Waals surface area contributed by atoms with Gasteiger partial charge in [-0.2, -0.15) is 0 Å². The minimum atomic E-state index is -1.15. The van der Waals surface area contributed by atoms with Crippen LogP contribution in [0.15, 0.2) is 48.6 Å². The molecule has 8 heteroatoms. The van der Waals surface area contributed by atoms with E-state index in [-0.39, 0.29) is 36.6 Å². The number of carbonyl (C=O) groups excluding carboxylic acids is 2. The van der Waals surface area contributed by atoms with Crippen LogP contribution in [0.25, 0.3) is 0 Å². The number of likely N-dealkylation sites (N-methyl/N-ethyl adjacent to an activating group) is 1. The molecule has 6 nitrogen and oxygen atoms in total. The van der Waals surface area contributed by atoms with Gasteiger partial charge in [0.05, 0.1) is 22.5 Å². The average molecular weight is 529 g/mol. The summed E-state index contributed by atoms with van der Waals surface area (Å²) in [6, 6.07) is 11.3. The third-order valence-corrected chi connectivity index (χ3v) is 7.89. The first kappa shape index (κ1) is 26.4. The van der Waals surface area contributed by atoms with Gasteiger partial charge in [-0.3, -0.25) is 14.5 Å². The van der Waals surface area contributed by atoms with Crippen molar-refractivity contribution in [1.82, 2.24) is 9.80 Å².